The van der Waals surface area contributed by atoms with E-state index in [1.165, 1.54) is 0 Å². The maximum absolute atomic E-state index is 11.3. The second kappa shape index (κ2) is 8.59. The monoisotopic (exact) mass is 414 g/mol. The van der Waals surface area contributed by atoms with Crippen LogP contribution in [0.4, 0.5) is 5.69 Å². The Hall–Kier alpha value is -2.97. The minimum Gasteiger partial charge on any atom is -0.478 e. The first kappa shape index (κ1) is 20.8. The van der Waals surface area contributed by atoms with Gasteiger partial charge in [-0.15, -0.1) is 22.6 Å². The van der Waals surface area contributed by atoms with Crippen molar-refractivity contribution in [2.24, 2.45) is 0 Å². The van der Waals surface area contributed by atoms with Gasteiger partial charge in [0.2, 0.25) is 0 Å². The van der Waals surface area contributed by atoms with Gasteiger partial charge in [0.15, 0.2) is 11.6 Å². The van der Waals surface area contributed by atoms with E-state index < -0.39 is 11.5 Å². The van der Waals surface area contributed by atoms with Crippen molar-refractivity contribution in [3.63, 3.8) is 0 Å². The van der Waals surface area contributed by atoms with Gasteiger partial charge in [0.1, 0.15) is 0 Å². The fraction of sp³-hybridized carbons (Fsp3) is 0.300. The molecule has 3 heterocycles. The topological polar surface area (TPSA) is 107 Å². The lowest BCUT2D eigenvalue weighted by Gasteiger charge is -2.40. The second-order valence-corrected chi connectivity index (χ2v) is 7.15. The summed E-state index contributed by atoms with van der Waals surface area (Å²) in [5.41, 5.74) is 1.49. The molecule has 1 aromatic carbocycles. The van der Waals surface area contributed by atoms with Gasteiger partial charge < -0.3 is 20.3 Å². The number of nitrogens with zero attached hydrogens (tertiary/aromatic N) is 4. The van der Waals surface area contributed by atoms with Gasteiger partial charge in [-0.25, -0.2) is 4.79 Å². The molecule has 0 unspecified atom stereocenters. The molecule has 1 aliphatic heterocycles. The van der Waals surface area contributed by atoms with Gasteiger partial charge >= 0.3 is 5.97 Å². The Morgan fingerprint density at radius 3 is 2.59 bits per heavy atom. The first-order chi connectivity index (χ1) is 13.6. The van der Waals surface area contributed by atoms with E-state index in [1.807, 2.05) is 18.2 Å². The third kappa shape index (κ3) is 4.38. The van der Waals surface area contributed by atoms with Crippen LogP contribution in [0.25, 0.3) is 11.4 Å². The summed E-state index contributed by atoms with van der Waals surface area (Å²) >= 11 is 0. The fourth-order valence-corrected chi connectivity index (χ4v) is 3.54. The van der Waals surface area contributed by atoms with Crippen molar-refractivity contribution in [3.8, 4) is 11.4 Å². The highest BCUT2D eigenvalue weighted by molar-refractivity contribution is 5.88. The number of aromatic amines is 1. The lowest BCUT2D eigenvalue weighted by atomic mass is 9.86. The van der Waals surface area contributed by atoms with E-state index in [4.69, 9.17) is 0 Å². The van der Waals surface area contributed by atoms with Gasteiger partial charge in [0.25, 0.3) is 0 Å². The maximum Gasteiger partial charge on any atom is 0.335 e. The molecular formula is C20H23ClN6O2. The highest BCUT2D eigenvalue weighted by Gasteiger charge is 2.38. The van der Waals surface area contributed by atoms with Crippen LogP contribution in [0.1, 0.15) is 29.0 Å². The SMILES string of the molecule is CN1CCC(Nc2cccc(C(=O)O)c2)(c2nnc(-c3ccncc3)[nH]2)CC1.Cl. The summed E-state index contributed by atoms with van der Waals surface area (Å²) < 4.78 is 0. The van der Waals surface area contributed by atoms with E-state index >= 15 is 0 Å². The molecule has 1 fully saturated rings. The number of carbonyl (C=O) groups is 1. The molecule has 0 bridgehead atoms. The predicted molar refractivity (Wildman–Crippen MR) is 112 cm³/mol. The quantitative estimate of drug-likeness (QED) is 0.589. The fourth-order valence-electron chi connectivity index (χ4n) is 3.54. The van der Waals surface area contributed by atoms with Gasteiger partial charge in [0, 0.05) is 36.7 Å². The van der Waals surface area contributed by atoms with E-state index in [1.54, 1.807) is 30.6 Å². The number of piperidine rings is 1. The predicted octanol–water partition coefficient (Wildman–Crippen LogP) is 3.02. The normalized spacial score (nSPS) is 16.0. The Morgan fingerprint density at radius 2 is 1.90 bits per heavy atom. The first-order valence-electron chi connectivity index (χ1n) is 9.19. The van der Waals surface area contributed by atoms with Crippen LogP contribution in [0.5, 0.6) is 0 Å². The van der Waals surface area contributed by atoms with Crippen LogP contribution in [0.2, 0.25) is 0 Å². The number of aromatic carboxylic acids is 1. The molecule has 0 spiro atoms. The average Bonchev–Trinajstić information content (AvgIpc) is 3.22. The zero-order chi connectivity index (χ0) is 19.6. The molecule has 9 heteroatoms. The summed E-state index contributed by atoms with van der Waals surface area (Å²) in [6.45, 7) is 1.80. The number of rotatable bonds is 5. The smallest absolute Gasteiger partial charge is 0.335 e. The molecule has 0 aliphatic carbocycles. The number of benzene rings is 1. The highest BCUT2D eigenvalue weighted by atomic mass is 35.5. The van der Waals surface area contributed by atoms with Crippen LogP contribution in [0.3, 0.4) is 0 Å². The Kier molecular flexibility index (Phi) is 6.14. The minimum absolute atomic E-state index is 0. The molecule has 0 atom stereocenters. The molecule has 152 valence electrons. The van der Waals surface area contributed by atoms with Crippen LogP contribution in [0.15, 0.2) is 48.8 Å². The molecule has 2 aromatic heterocycles. The Labute approximate surface area is 174 Å². The number of halogens is 1. The van der Waals surface area contributed by atoms with Gasteiger partial charge in [0.05, 0.1) is 11.1 Å². The summed E-state index contributed by atoms with van der Waals surface area (Å²) in [5, 5.41) is 21.6. The van der Waals surface area contributed by atoms with Crippen LogP contribution in [0, 0.1) is 0 Å². The van der Waals surface area contributed by atoms with Crippen LogP contribution in [-0.4, -0.2) is 56.3 Å². The third-order valence-electron chi connectivity index (χ3n) is 5.23. The molecule has 8 nitrogen and oxygen atoms in total. The molecule has 0 amide bonds. The summed E-state index contributed by atoms with van der Waals surface area (Å²) in [5.74, 6) is 0.505. The van der Waals surface area contributed by atoms with E-state index in [0.717, 1.165) is 43.0 Å². The van der Waals surface area contributed by atoms with E-state index in [-0.39, 0.29) is 18.0 Å². The van der Waals surface area contributed by atoms with Gasteiger partial charge in [-0.2, -0.15) is 0 Å². The first-order valence-corrected chi connectivity index (χ1v) is 9.19. The second-order valence-electron chi connectivity index (χ2n) is 7.15. The Bertz CT molecular complexity index is 970. The molecular weight excluding hydrogens is 392 g/mol. The molecule has 0 radical (unpaired) electrons. The number of carboxylic acid groups (broad SMARTS) is 1. The van der Waals surface area contributed by atoms with Crippen molar-refractivity contribution in [2.45, 2.75) is 18.4 Å². The van der Waals surface area contributed by atoms with Crippen molar-refractivity contribution in [2.75, 3.05) is 25.5 Å². The van der Waals surface area contributed by atoms with Crippen LogP contribution in [-0.2, 0) is 5.54 Å². The number of carboxylic acids is 1. The number of likely N-dealkylation sites (tertiary alicyclic amines) is 1. The number of hydrogen-bond acceptors (Lipinski definition) is 6. The zero-order valence-electron chi connectivity index (χ0n) is 16.0. The zero-order valence-corrected chi connectivity index (χ0v) is 16.8. The average molecular weight is 415 g/mol. The lowest BCUT2D eigenvalue weighted by molar-refractivity contribution is 0.0697. The van der Waals surface area contributed by atoms with Crippen molar-refractivity contribution < 1.29 is 9.90 Å². The van der Waals surface area contributed by atoms with Crippen molar-refractivity contribution in [1.29, 1.82) is 0 Å². The molecule has 1 saturated heterocycles. The minimum atomic E-state index is -0.944. The maximum atomic E-state index is 11.3. The van der Waals surface area contributed by atoms with Gasteiger partial charge in [-0.1, -0.05) is 6.07 Å². The van der Waals surface area contributed by atoms with Crippen LogP contribution < -0.4 is 5.32 Å². The molecule has 3 N–H and O–H groups in total. The standard InChI is InChI=1S/C20H22N6O2.ClH/c1-26-11-7-20(8-12-26,23-16-4-2-3-15(13-16)18(27)28)19-22-17(24-25-19)14-5-9-21-10-6-14;/h2-6,9-10,13,23H,7-8,11-12H2,1H3,(H,27,28)(H,22,24,25);1H. The summed E-state index contributed by atoms with van der Waals surface area (Å²) in [7, 11) is 2.09. The number of aromatic nitrogens is 4. The highest BCUT2D eigenvalue weighted by Crippen LogP contribution is 2.35. The Balaban J connectivity index is 0.00000240. The number of nitrogens with one attached hydrogen (secondary N) is 2. The summed E-state index contributed by atoms with van der Waals surface area (Å²) in [6, 6.07) is 10.6. The van der Waals surface area contributed by atoms with E-state index in [9.17, 15) is 9.90 Å². The van der Waals surface area contributed by atoms with E-state index in [2.05, 4.69) is 37.4 Å². The Morgan fingerprint density at radius 1 is 1.17 bits per heavy atom. The van der Waals surface area contributed by atoms with E-state index in [0.29, 0.717) is 5.82 Å². The molecule has 0 saturated carbocycles. The van der Waals surface area contributed by atoms with Gasteiger partial charge in [-0.3, -0.25) is 4.98 Å². The van der Waals surface area contributed by atoms with Crippen molar-refractivity contribution in [3.05, 3.63) is 60.2 Å². The number of anilines is 1. The summed E-state index contributed by atoms with van der Waals surface area (Å²) in [4.78, 5) is 21.0. The largest absolute Gasteiger partial charge is 0.478 e. The number of H-pyrrole nitrogens is 1. The van der Waals surface area contributed by atoms with Crippen LogP contribution >= 0.6 is 12.4 Å². The lowest BCUT2D eigenvalue weighted by Crippen LogP contribution is -2.46. The van der Waals surface area contributed by atoms with Gasteiger partial charge in [-0.05, 0) is 50.2 Å². The van der Waals surface area contributed by atoms with Crippen molar-refractivity contribution >= 4 is 24.1 Å². The third-order valence-corrected chi connectivity index (χ3v) is 5.23. The molecule has 3 aromatic rings. The number of pyridine rings is 1. The molecule has 4 rings (SSSR count). The molecule has 29 heavy (non-hydrogen) atoms. The number of hydrogen-bond donors (Lipinski definition) is 3. The van der Waals surface area contributed by atoms with Crippen molar-refractivity contribution in [1.82, 2.24) is 25.1 Å². The summed E-state index contributed by atoms with van der Waals surface area (Å²) in [6.07, 6.45) is 5.09. The molecule has 1 aliphatic rings.